The molecular weight excluding hydrogens is 659 g/mol. The van der Waals surface area contributed by atoms with E-state index in [-0.39, 0.29) is 0 Å². The molecule has 0 amide bonds. The molecule has 10 rings (SSSR count). The number of para-hydroxylation sites is 3. The van der Waals surface area contributed by atoms with Gasteiger partial charge < -0.3 is 9.13 Å². The van der Waals surface area contributed by atoms with Crippen LogP contribution in [0.4, 0.5) is 0 Å². The van der Waals surface area contributed by atoms with E-state index in [1.165, 1.54) is 37.4 Å². The maximum Gasteiger partial charge on any atom is 0.181 e. The van der Waals surface area contributed by atoms with Crippen molar-refractivity contribution in [1.82, 2.24) is 9.13 Å². The highest BCUT2D eigenvalue weighted by atomic mass is 28.3. The Kier molecular flexibility index (Phi) is 7.21. The van der Waals surface area contributed by atoms with E-state index in [0.29, 0.717) is 5.56 Å². The fraction of sp³-hybridized carbons (Fsp3) is 0. The molecule has 2 heterocycles. The highest BCUT2D eigenvalue weighted by Gasteiger charge is 2.43. The van der Waals surface area contributed by atoms with E-state index in [2.05, 4.69) is 215 Å². The van der Waals surface area contributed by atoms with Crippen molar-refractivity contribution < 1.29 is 0 Å². The molecule has 0 aliphatic heterocycles. The molecule has 4 heteroatoms. The maximum absolute atomic E-state index is 11.4. The van der Waals surface area contributed by atoms with Crippen molar-refractivity contribution in [3.05, 3.63) is 206 Å². The van der Waals surface area contributed by atoms with Crippen LogP contribution in [0.1, 0.15) is 5.56 Å². The highest BCUT2D eigenvalue weighted by molar-refractivity contribution is 7.20. The maximum atomic E-state index is 11.4. The summed E-state index contributed by atoms with van der Waals surface area (Å²) in [6.45, 7) is 0. The van der Waals surface area contributed by atoms with Crippen molar-refractivity contribution in [3.8, 4) is 17.4 Å². The largest absolute Gasteiger partial charge is 0.309 e. The number of benzene rings is 8. The van der Waals surface area contributed by atoms with Gasteiger partial charge in [-0.2, -0.15) is 5.26 Å². The van der Waals surface area contributed by atoms with Crippen molar-refractivity contribution in [2.24, 2.45) is 0 Å². The first-order valence-electron chi connectivity index (χ1n) is 18.0. The lowest BCUT2D eigenvalue weighted by molar-refractivity contribution is 1.16. The molecular formula is C49H33N3Si. The number of nitriles is 1. The Morgan fingerprint density at radius 1 is 0.377 bits per heavy atom. The lowest BCUT2D eigenvalue weighted by Gasteiger charge is -2.35. The quantitative estimate of drug-likeness (QED) is 0.127. The molecule has 10 aromatic rings. The third-order valence-corrected chi connectivity index (χ3v) is 15.7. The molecule has 0 saturated heterocycles. The van der Waals surface area contributed by atoms with Gasteiger partial charge >= 0.3 is 0 Å². The van der Waals surface area contributed by atoms with Crippen LogP contribution in [0.5, 0.6) is 0 Å². The summed E-state index contributed by atoms with van der Waals surface area (Å²) in [5, 5.41) is 20.9. The lowest BCUT2D eigenvalue weighted by Crippen LogP contribution is -2.75. The lowest BCUT2D eigenvalue weighted by atomic mass is 10.1. The fourth-order valence-electron chi connectivity index (χ4n) is 8.75. The van der Waals surface area contributed by atoms with Gasteiger partial charge in [-0.1, -0.05) is 158 Å². The first-order valence-corrected chi connectivity index (χ1v) is 20.0. The molecule has 53 heavy (non-hydrogen) atoms. The second kappa shape index (κ2) is 12.4. The summed E-state index contributed by atoms with van der Waals surface area (Å²) in [5.74, 6) is 0. The summed E-state index contributed by atoms with van der Waals surface area (Å²) in [7, 11) is -2.98. The molecule has 0 atom stereocenters. The van der Waals surface area contributed by atoms with E-state index >= 15 is 0 Å². The second-order valence-corrected chi connectivity index (χ2v) is 17.4. The second-order valence-electron chi connectivity index (χ2n) is 13.6. The van der Waals surface area contributed by atoms with Crippen LogP contribution in [-0.4, -0.2) is 17.2 Å². The average molecular weight is 692 g/mol. The standard InChI is InChI=1S/C49H33N3Si/c50-34-43-47(29-16-30-49(43)53(36-17-4-1-5-18-36,37-19-6-2-7-20-37)38-21-8-3-9-22-38)52-46-28-15-12-25-41(46)42-33-35(31-32-48(42)52)51-44-26-13-10-23-39(44)40-24-11-14-27-45(40)51/h1-33H. The minimum absolute atomic E-state index is 0.699. The Labute approximate surface area is 308 Å². The topological polar surface area (TPSA) is 33.6 Å². The molecule has 0 saturated carbocycles. The van der Waals surface area contributed by atoms with E-state index in [1.807, 2.05) is 0 Å². The van der Waals surface area contributed by atoms with Crippen molar-refractivity contribution in [1.29, 1.82) is 5.26 Å². The minimum atomic E-state index is -2.98. The van der Waals surface area contributed by atoms with E-state index in [1.54, 1.807) is 0 Å². The Bertz CT molecular complexity index is 2860. The Morgan fingerprint density at radius 2 is 0.811 bits per heavy atom. The first-order chi connectivity index (χ1) is 26.3. The number of hydrogen-bond donors (Lipinski definition) is 0. The van der Waals surface area contributed by atoms with Gasteiger partial charge in [0.05, 0.1) is 33.3 Å². The normalized spacial score (nSPS) is 11.8. The smallest absolute Gasteiger partial charge is 0.181 e. The Morgan fingerprint density at radius 3 is 1.32 bits per heavy atom. The SMILES string of the molecule is N#Cc1c(-n2c3ccccc3c3cc(-n4c5ccccc5c5ccccc54)ccc32)cccc1[Si](c1ccccc1)(c1ccccc1)c1ccccc1. The van der Waals surface area contributed by atoms with Crippen molar-refractivity contribution in [2.45, 2.75) is 0 Å². The third kappa shape index (κ3) is 4.58. The molecule has 8 aromatic carbocycles. The van der Waals surface area contributed by atoms with Gasteiger partial charge in [0.25, 0.3) is 0 Å². The van der Waals surface area contributed by atoms with Gasteiger partial charge in [0.1, 0.15) is 6.07 Å². The zero-order valence-corrected chi connectivity index (χ0v) is 29.9. The van der Waals surface area contributed by atoms with Crippen molar-refractivity contribution in [2.75, 3.05) is 0 Å². The summed E-state index contributed by atoms with van der Waals surface area (Å²) in [5.41, 5.74) is 7.19. The van der Waals surface area contributed by atoms with E-state index < -0.39 is 8.07 Å². The van der Waals surface area contributed by atoms with Crippen LogP contribution in [0.15, 0.2) is 200 Å². The number of rotatable bonds is 6. The zero-order chi connectivity index (χ0) is 35.4. The van der Waals surface area contributed by atoms with Gasteiger partial charge in [0.15, 0.2) is 8.07 Å². The predicted molar refractivity (Wildman–Crippen MR) is 223 cm³/mol. The minimum Gasteiger partial charge on any atom is -0.309 e. The number of aromatic nitrogens is 2. The van der Waals surface area contributed by atoms with Gasteiger partial charge in [0.2, 0.25) is 0 Å². The molecule has 0 aliphatic carbocycles. The third-order valence-electron chi connectivity index (χ3n) is 10.9. The van der Waals surface area contributed by atoms with Crippen LogP contribution >= 0.6 is 0 Å². The van der Waals surface area contributed by atoms with Crippen LogP contribution in [0.3, 0.4) is 0 Å². The van der Waals surface area contributed by atoms with E-state index in [0.717, 1.165) is 38.4 Å². The molecule has 3 nitrogen and oxygen atoms in total. The average Bonchev–Trinajstić information content (AvgIpc) is 3.75. The highest BCUT2D eigenvalue weighted by Crippen LogP contribution is 2.37. The monoisotopic (exact) mass is 691 g/mol. The molecule has 0 unspecified atom stereocenters. The molecule has 0 aliphatic rings. The van der Waals surface area contributed by atoms with Gasteiger partial charge in [0, 0.05) is 27.2 Å². The van der Waals surface area contributed by atoms with Crippen molar-refractivity contribution >= 4 is 72.4 Å². The summed E-state index contributed by atoms with van der Waals surface area (Å²) < 4.78 is 4.68. The summed E-state index contributed by atoms with van der Waals surface area (Å²) >= 11 is 0. The molecule has 248 valence electrons. The van der Waals surface area contributed by atoms with Crippen LogP contribution in [-0.2, 0) is 0 Å². The zero-order valence-electron chi connectivity index (χ0n) is 28.9. The summed E-state index contributed by atoms with van der Waals surface area (Å²) in [6.07, 6.45) is 0. The Hall–Kier alpha value is -6.93. The summed E-state index contributed by atoms with van der Waals surface area (Å²) in [6, 6.07) is 74.4. The van der Waals surface area contributed by atoms with Gasteiger partial charge in [-0.15, -0.1) is 0 Å². The van der Waals surface area contributed by atoms with E-state index in [9.17, 15) is 5.26 Å². The number of hydrogen-bond acceptors (Lipinski definition) is 1. The van der Waals surface area contributed by atoms with E-state index in [4.69, 9.17) is 0 Å². The van der Waals surface area contributed by atoms with Crippen molar-refractivity contribution in [3.63, 3.8) is 0 Å². The molecule has 0 N–H and O–H groups in total. The van der Waals surface area contributed by atoms with Gasteiger partial charge in [-0.25, -0.2) is 0 Å². The molecule has 0 radical (unpaired) electrons. The van der Waals surface area contributed by atoms with Gasteiger partial charge in [-0.3, -0.25) is 0 Å². The number of fused-ring (bicyclic) bond motifs is 6. The van der Waals surface area contributed by atoms with Crippen LogP contribution in [0.2, 0.25) is 0 Å². The number of nitrogens with zero attached hydrogens (tertiary/aromatic N) is 3. The van der Waals surface area contributed by atoms with Crippen LogP contribution < -0.4 is 20.7 Å². The first kappa shape index (κ1) is 30.9. The van der Waals surface area contributed by atoms with Crippen LogP contribution in [0.25, 0.3) is 55.0 Å². The molecule has 0 fully saturated rings. The molecule has 0 spiro atoms. The Balaban J connectivity index is 1.28. The van der Waals surface area contributed by atoms with Gasteiger partial charge in [-0.05, 0) is 63.2 Å². The molecule has 0 bridgehead atoms. The summed E-state index contributed by atoms with van der Waals surface area (Å²) in [4.78, 5) is 0. The molecule has 2 aromatic heterocycles. The van der Waals surface area contributed by atoms with Crippen LogP contribution in [0, 0.1) is 11.3 Å². The fourth-order valence-corrected chi connectivity index (χ4v) is 13.7. The predicted octanol–water partition coefficient (Wildman–Crippen LogP) is 9.13.